The van der Waals surface area contributed by atoms with Gasteiger partial charge < -0.3 is 0 Å². The zero-order valence-electron chi connectivity index (χ0n) is 15.9. The van der Waals surface area contributed by atoms with E-state index in [1.165, 1.54) is 44.2 Å². The zero-order valence-corrected chi connectivity index (χ0v) is 15.9. The molecule has 4 nitrogen and oxygen atoms in total. The summed E-state index contributed by atoms with van der Waals surface area (Å²) in [6.45, 7) is 4.52. The van der Waals surface area contributed by atoms with Gasteiger partial charge in [-0.15, -0.1) is 0 Å². The van der Waals surface area contributed by atoms with Gasteiger partial charge in [0, 0.05) is 35.5 Å². The van der Waals surface area contributed by atoms with E-state index in [9.17, 15) is 0 Å². The Hall–Kier alpha value is -2.36. The topological polar surface area (TPSA) is 51.6 Å². The Bertz CT molecular complexity index is 817. The van der Waals surface area contributed by atoms with Gasteiger partial charge in [0.15, 0.2) is 5.82 Å². The first-order valence-corrected chi connectivity index (χ1v) is 9.85. The fourth-order valence-electron chi connectivity index (χ4n) is 3.47. The van der Waals surface area contributed by atoms with E-state index in [1.54, 1.807) is 12.4 Å². The molecule has 0 saturated carbocycles. The predicted octanol–water partition coefficient (Wildman–Crippen LogP) is 5.94. The molecule has 0 aliphatic rings. The van der Waals surface area contributed by atoms with Crippen molar-refractivity contribution in [1.82, 2.24) is 19.9 Å². The molecule has 0 fully saturated rings. The van der Waals surface area contributed by atoms with Gasteiger partial charge in [0.2, 0.25) is 0 Å². The van der Waals surface area contributed by atoms with Gasteiger partial charge in [-0.25, -0.2) is 9.97 Å². The van der Waals surface area contributed by atoms with Crippen molar-refractivity contribution in [2.24, 2.45) is 0 Å². The van der Waals surface area contributed by atoms with Crippen molar-refractivity contribution < 1.29 is 0 Å². The van der Waals surface area contributed by atoms with Crippen LogP contribution in [0.3, 0.4) is 0 Å². The monoisotopic (exact) mass is 348 g/mol. The van der Waals surface area contributed by atoms with Gasteiger partial charge in [0.1, 0.15) is 0 Å². The summed E-state index contributed by atoms with van der Waals surface area (Å²) in [4.78, 5) is 18.1. The standard InChI is InChI=1S/C22H28N4/c1-3-5-6-7-8-9-17(4-2)21-19-12-15-24-16-20(19)25-22(26-21)18-10-13-23-14-11-18/h10-17H,3-9H2,1-2H3. The summed E-state index contributed by atoms with van der Waals surface area (Å²) in [7, 11) is 0. The van der Waals surface area contributed by atoms with E-state index in [0.29, 0.717) is 5.92 Å². The molecular formula is C22H28N4. The van der Waals surface area contributed by atoms with Crippen LogP contribution >= 0.6 is 0 Å². The van der Waals surface area contributed by atoms with Gasteiger partial charge in [-0.2, -0.15) is 0 Å². The second-order valence-corrected chi connectivity index (χ2v) is 6.87. The molecule has 0 aliphatic heterocycles. The number of pyridine rings is 2. The van der Waals surface area contributed by atoms with Crippen LogP contribution in [0.2, 0.25) is 0 Å². The van der Waals surface area contributed by atoms with Crippen LogP contribution in [0.5, 0.6) is 0 Å². The highest BCUT2D eigenvalue weighted by atomic mass is 14.9. The van der Waals surface area contributed by atoms with Crippen molar-refractivity contribution in [3.05, 3.63) is 48.7 Å². The minimum Gasteiger partial charge on any atom is -0.265 e. The average Bonchev–Trinajstić information content (AvgIpc) is 2.71. The molecule has 0 aromatic carbocycles. The molecule has 0 N–H and O–H groups in total. The maximum Gasteiger partial charge on any atom is 0.160 e. The van der Waals surface area contributed by atoms with Crippen LogP contribution in [0, 0.1) is 0 Å². The number of aromatic nitrogens is 4. The van der Waals surface area contributed by atoms with Crippen molar-refractivity contribution in [1.29, 1.82) is 0 Å². The molecule has 0 spiro atoms. The summed E-state index contributed by atoms with van der Waals surface area (Å²) in [6.07, 6.45) is 16.1. The summed E-state index contributed by atoms with van der Waals surface area (Å²) in [6, 6.07) is 5.99. The predicted molar refractivity (Wildman–Crippen MR) is 107 cm³/mol. The fourth-order valence-corrected chi connectivity index (χ4v) is 3.47. The minimum absolute atomic E-state index is 0.463. The lowest BCUT2D eigenvalue weighted by molar-refractivity contribution is 0.529. The molecule has 4 heteroatoms. The summed E-state index contributed by atoms with van der Waals surface area (Å²) in [5.41, 5.74) is 3.10. The Morgan fingerprint density at radius 2 is 1.62 bits per heavy atom. The Kier molecular flexibility index (Phi) is 6.64. The third-order valence-corrected chi connectivity index (χ3v) is 5.00. The molecule has 0 aliphatic carbocycles. The molecule has 0 radical (unpaired) electrons. The quantitative estimate of drug-likeness (QED) is 0.449. The Balaban J connectivity index is 1.92. The van der Waals surface area contributed by atoms with Crippen LogP contribution in [0.25, 0.3) is 22.3 Å². The molecule has 0 amide bonds. The number of unbranched alkanes of at least 4 members (excludes halogenated alkanes) is 4. The van der Waals surface area contributed by atoms with E-state index in [4.69, 9.17) is 9.97 Å². The molecule has 0 saturated heterocycles. The number of fused-ring (bicyclic) bond motifs is 1. The number of hydrogen-bond donors (Lipinski definition) is 0. The van der Waals surface area contributed by atoms with Gasteiger partial charge in [0.05, 0.1) is 17.4 Å². The lowest BCUT2D eigenvalue weighted by atomic mass is 9.92. The molecule has 26 heavy (non-hydrogen) atoms. The van der Waals surface area contributed by atoms with Crippen LogP contribution in [-0.4, -0.2) is 19.9 Å². The van der Waals surface area contributed by atoms with Gasteiger partial charge in [-0.05, 0) is 31.0 Å². The van der Waals surface area contributed by atoms with E-state index >= 15 is 0 Å². The zero-order chi connectivity index (χ0) is 18.2. The van der Waals surface area contributed by atoms with Crippen molar-refractivity contribution in [2.75, 3.05) is 0 Å². The number of rotatable bonds is 9. The fraction of sp³-hybridized carbons (Fsp3) is 0.455. The second kappa shape index (κ2) is 9.37. The molecule has 1 atom stereocenters. The molecule has 3 aromatic rings. The van der Waals surface area contributed by atoms with Gasteiger partial charge >= 0.3 is 0 Å². The van der Waals surface area contributed by atoms with Gasteiger partial charge in [-0.1, -0.05) is 46.0 Å². The molecule has 0 bridgehead atoms. The summed E-state index contributed by atoms with van der Waals surface area (Å²) >= 11 is 0. The van der Waals surface area contributed by atoms with Crippen molar-refractivity contribution in [2.45, 2.75) is 64.7 Å². The SMILES string of the molecule is CCCCCCCC(CC)c1nc(-c2ccncc2)nc2cnccc12. The van der Waals surface area contributed by atoms with Crippen LogP contribution < -0.4 is 0 Å². The largest absolute Gasteiger partial charge is 0.265 e. The maximum absolute atomic E-state index is 4.99. The van der Waals surface area contributed by atoms with E-state index in [0.717, 1.165) is 28.7 Å². The highest BCUT2D eigenvalue weighted by molar-refractivity contribution is 5.82. The van der Waals surface area contributed by atoms with Gasteiger partial charge in [-0.3, -0.25) is 9.97 Å². The lowest BCUT2D eigenvalue weighted by Gasteiger charge is -2.17. The first-order chi connectivity index (χ1) is 12.8. The number of hydrogen-bond acceptors (Lipinski definition) is 4. The van der Waals surface area contributed by atoms with Crippen LogP contribution in [-0.2, 0) is 0 Å². The number of nitrogens with zero attached hydrogens (tertiary/aromatic N) is 4. The van der Waals surface area contributed by atoms with E-state index in [-0.39, 0.29) is 0 Å². The molecule has 3 rings (SSSR count). The van der Waals surface area contributed by atoms with E-state index < -0.39 is 0 Å². The Labute approximate surface area is 156 Å². The normalized spacial score (nSPS) is 12.4. The van der Waals surface area contributed by atoms with Crippen molar-refractivity contribution in [3.8, 4) is 11.4 Å². The van der Waals surface area contributed by atoms with E-state index in [1.807, 2.05) is 24.5 Å². The maximum atomic E-state index is 4.99. The third-order valence-electron chi connectivity index (χ3n) is 5.00. The van der Waals surface area contributed by atoms with Crippen LogP contribution in [0.4, 0.5) is 0 Å². The highest BCUT2D eigenvalue weighted by Gasteiger charge is 2.17. The van der Waals surface area contributed by atoms with Gasteiger partial charge in [0.25, 0.3) is 0 Å². The molecule has 3 heterocycles. The van der Waals surface area contributed by atoms with Crippen LogP contribution in [0.15, 0.2) is 43.0 Å². The second-order valence-electron chi connectivity index (χ2n) is 6.87. The molecule has 3 aromatic heterocycles. The molecular weight excluding hydrogens is 320 g/mol. The average molecular weight is 348 g/mol. The minimum atomic E-state index is 0.463. The summed E-state index contributed by atoms with van der Waals surface area (Å²) in [5.74, 6) is 1.23. The smallest absolute Gasteiger partial charge is 0.160 e. The molecule has 136 valence electrons. The molecule has 1 unspecified atom stereocenters. The third kappa shape index (κ3) is 4.43. The van der Waals surface area contributed by atoms with Crippen molar-refractivity contribution >= 4 is 10.9 Å². The van der Waals surface area contributed by atoms with Crippen molar-refractivity contribution in [3.63, 3.8) is 0 Å². The summed E-state index contributed by atoms with van der Waals surface area (Å²) in [5, 5.41) is 1.14. The first kappa shape index (κ1) is 18.4. The first-order valence-electron chi connectivity index (χ1n) is 9.85. The Morgan fingerprint density at radius 1 is 0.846 bits per heavy atom. The summed E-state index contributed by atoms with van der Waals surface area (Å²) < 4.78 is 0. The van der Waals surface area contributed by atoms with E-state index in [2.05, 4.69) is 29.9 Å². The Morgan fingerprint density at radius 3 is 2.38 bits per heavy atom. The highest BCUT2D eigenvalue weighted by Crippen LogP contribution is 2.31. The lowest BCUT2D eigenvalue weighted by Crippen LogP contribution is -2.05. The van der Waals surface area contributed by atoms with Crippen LogP contribution in [0.1, 0.15) is 70.4 Å².